The van der Waals surface area contributed by atoms with E-state index in [-0.39, 0.29) is 5.69 Å². The average molecular weight is 299 g/mol. The predicted octanol–water partition coefficient (Wildman–Crippen LogP) is 3.54. The first kappa shape index (κ1) is 12.8. The Kier molecular flexibility index (Phi) is 2.62. The van der Waals surface area contributed by atoms with Crippen LogP contribution in [0.5, 0.6) is 0 Å². The van der Waals surface area contributed by atoms with E-state index < -0.39 is 11.6 Å². The molecular formula is C15H11F2N5. The summed E-state index contributed by atoms with van der Waals surface area (Å²) in [6, 6.07) is 9.18. The lowest BCUT2D eigenvalue weighted by molar-refractivity contribution is 0.586. The first-order valence-corrected chi connectivity index (χ1v) is 6.67. The van der Waals surface area contributed by atoms with E-state index in [2.05, 4.69) is 20.4 Å². The van der Waals surface area contributed by atoms with Crippen LogP contribution in [0.2, 0.25) is 0 Å². The molecule has 4 aromatic rings. The van der Waals surface area contributed by atoms with Gasteiger partial charge in [0, 0.05) is 6.07 Å². The third-order valence-electron chi connectivity index (χ3n) is 3.41. The van der Waals surface area contributed by atoms with Crippen molar-refractivity contribution in [2.24, 2.45) is 0 Å². The minimum atomic E-state index is -0.686. The fourth-order valence-electron chi connectivity index (χ4n) is 2.37. The summed E-state index contributed by atoms with van der Waals surface area (Å²) >= 11 is 0. The Morgan fingerprint density at radius 3 is 2.77 bits per heavy atom. The second-order valence-electron chi connectivity index (χ2n) is 5.06. The summed E-state index contributed by atoms with van der Waals surface area (Å²) in [6.07, 6.45) is 0. The molecule has 5 nitrogen and oxygen atoms in total. The van der Waals surface area contributed by atoms with Gasteiger partial charge < -0.3 is 5.32 Å². The third-order valence-corrected chi connectivity index (χ3v) is 3.41. The number of aryl methyl sites for hydroxylation is 1. The Balaban J connectivity index is 1.76. The van der Waals surface area contributed by atoms with Crippen molar-refractivity contribution in [1.82, 2.24) is 19.6 Å². The van der Waals surface area contributed by atoms with Crippen LogP contribution in [0.25, 0.3) is 16.8 Å². The standard InChI is InChI=1S/C15H11F2N5/c1-8-2-5-13-12(6-8)19-15-20-14(21-22(13)15)18-11-4-3-9(16)7-10(11)17/h2-7H,1H3,(H2,18,19,20,21). The fraction of sp³-hybridized carbons (Fsp3) is 0.0667. The van der Waals surface area contributed by atoms with Gasteiger partial charge in [-0.15, -0.1) is 0 Å². The predicted molar refractivity (Wildman–Crippen MR) is 79.2 cm³/mol. The minimum Gasteiger partial charge on any atom is -0.322 e. The smallest absolute Gasteiger partial charge is 0.253 e. The summed E-state index contributed by atoms with van der Waals surface area (Å²) in [6.45, 7) is 1.99. The molecule has 2 aromatic heterocycles. The van der Waals surface area contributed by atoms with Gasteiger partial charge in [0.25, 0.3) is 5.78 Å². The number of halogens is 2. The lowest BCUT2D eigenvalue weighted by Crippen LogP contribution is -1.97. The molecule has 0 saturated carbocycles. The highest BCUT2D eigenvalue weighted by Gasteiger charge is 2.11. The zero-order valence-electron chi connectivity index (χ0n) is 11.6. The van der Waals surface area contributed by atoms with E-state index in [1.807, 2.05) is 25.1 Å². The monoisotopic (exact) mass is 299 g/mol. The number of nitrogens with one attached hydrogen (secondary N) is 2. The Bertz CT molecular complexity index is 1000. The molecule has 0 atom stereocenters. The number of anilines is 2. The molecule has 0 bridgehead atoms. The van der Waals surface area contributed by atoms with Gasteiger partial charge >= 0.3 is 0 Å². The number of aromatic amines is 1. The highest BCUT2D eigenvalue weighted by molar-refractivity contribution is 5.80. The molecule has 0 saturated heterocycles. The number of hydrogen-bond acceptors (Lipinski definition) is 3. The molecule has 110 valence electrons. The molecule has 4 rings (SSSR count). The van der Waals surface area contributed by atoms with Gasteiger partial charge in [-0.25, -0.2) is 18.3 Å². The topological polar surface area (TPSA) is 58.0 Å². The van der Waals surface area contributed by atoms with Gasteiger partial charge in [0.2, 0.25) is 5.95 Å². The van der Waals surface area contributed by atoms with Gasteiger partial charge in [0.15, 0.2) is 0 Å². The molecule has 22 heavy (non-hydrogen) atoms. The maximum absolute atomic E-state index is 13.6. The molecule has 0 radical (unpaired) electrons. The van der Waals surface area contributed by atoms with E-state index in [0.29, 0.717) is 11.7 Å². The second kappa shape index (κ2) is 4.52. The number of fused-ring (bicyclic) bond motifs is 3. The van der Waals surface area contributed by atoms with Crippen LogP contribution in [0.1, 0.15) is 5.56 Å². The van der Waals surface area contributed by atoms with Crippen LogP contribution in [-0.4, -0.2) is 19.6 Å². The molecular weight excluding hydrogens is 288 g/mol. The molecule has 7 heteroatoms. The Hall–Kier alpha value is -2.96. The van der Waals surface area contributed by atoms with Crippen molar-refractivity contribution in [2.75, 3.05) is 5.32 Å². The Morgan fingerprint density at radius 1 is 1.09 bits per heavy atom. The summed E-state index contributed by atoms with van der Waals surface area (Å²) in [4.78, 5) is 8.66. The van der Waals surface area contributed by atoms with Gasteiger partial charge in [-0.3, -0.25) is 5.10 Å². The molecule has 2 aromatic carbocycles. The number of H-pyrrole nitrogens is 1. The van der Waals surface area contributed by atoms with Crippen LogP contribution in [-0.2, 0) is 0 Å². The summed E-state index contributed by atoms with van der Waals surface area (Å²) in [5.41, 5.74) is 2.96. The number of benzene rings is 2. The molecule has 0 aliphatic heterocycles. The molecule has 0 amide bonds. The highest BCUT2D eigenvalue weighted by atomic mass is 19.1. The molecule has 2 N–H and O–H groups in total. The van der Waals surface area contributed by atoms with Gasteiger partial charge in [-0.1, -0.05) is 6.07 Å². The maximum Gasteiger partial charge on any atom is 0.253 e. The zero-order valence-corrected chi connectivity index (χ0v) is 11.6. The highest BCUT2D eigenvalue weighted by Crippen LogP contribution is 2.21. The number of aromatic nitrogens is 4. The van der Waals surface area contributed by atoms with Crippen molar-refractivity contribution < 1.29 is 8.78 Å². The summed E-state index contributed by atoms with van der Waals surface area (Å²) in [5.74, 6) is -0.505. The van der Waals surface area contributed by atoms with E-state index in [1.165, 1.54) is 12.1 Å². The lowest BCUT2D eigenvalue weighted by atomic mass is 10.2. The van der Waals surface area contributed by atoms with E-state index in [1.54, 1.807) is 4.52 Å². The summed E-state index contributed by atoms with van der Waals surface area (Å²) < 4.78 is 28.3. The van der Waals surface area contributed by atoms with Gasteiger partial charge in [-0.05, 0) is 36.8 Å². The maximum atomic E-state index is 13.6. The minimum absolute atomic E-state index is 0.138. The SMILES string of the molecule is Cc1ccc2c(c1)nc1nc(Nc3ccc(F)cc3F)[nH]n12. The molecule has 0 aliphatic carbocycles. The number of nitrogens with zero attached hydrogens (tertiary/aromatic N) is 3. The average Bonchev–Trinajstić information content (AvgIpc) is 2.98. The van der Waals surface area contributed by atoms with Crippen molar-refractivity contribution in [3.05, 3.63) is 53.6 Å². The molecule has 0 spiro atoms. The van der Waals surface area contributed by atoms with Gasteiger partial charge in [0.05, 0.1) is 16.7 Å². The van der Waals surface area contributed by atoms with Crippen molar-refractivity contribution in [2.45, 2.75) is 6.92 Å². The quantitative estimate of drug-likeness (QED) is 0.595. The Morgan fingerprint density at radius 2 is 1.95 bits per heavy atom. The number of imidazole rings is 1. The molecule has 0 unspecified atom stereocenters. The number of hydrogen-bond donors (Lipinski definition) is 2. The normalized spacial score (nSPS) is 11.4. The van der Waals surface area contributed by atoms with Crippen molar-refractivity contribution >= 4 is 28.4 Å². The van der Waals surface area contributed by atoms with Crippen LogP contribution in [0.4, 0.5) is 20.4 Å². The molecule has 0 aliphatic rings. The van der Waals surface area contributed by atoms with Crippen LogP contribution in [0, 0.1) is 18.6 Å². The van der Waals surface area contributed by atoms with Gasteiger partial charge in [0.1, 0.15) is 11.6 Å². The van der Waals surface area contributed by atoms with Crippen molar-refractivity contribution in [3.63, 3.8) is 0 Å². The summed E-state index contributed by atoms with van der Waals surface area (Å²) in [7, 11) is 0. The Labute approximate surface area is 123 Å². The largest absolute Gasteiger partial charge is 0.322 e. The number of rotatable bonds is 2. The lowest BCUT2D eigenvalue weighted by Gasteiger charge is -2.03. The van der Waals surface area contributed by atoms with E-state index in [9.17, 15) is 8.78 Å². The molecule has 2 heterocycles. The van der Waals surface area contributed by atoms with Crippen molar-refractivity contribution in [1.29, 1.82) is 0 Å². The summed E-state index contributed by atoms with van der Waals surface area (Å²) in [5, 5.41) is 5.78. The second-order valence-corrected chi connectivity index (χ2v) is 5.06. The van der Waals surface area contributed by atoms with Crippen LogP contribution >= 0.6 is 0 Å². The molecule has 0 fully saturated rings. The zero-order chi connectivity index (χ0) is 15.3. The van der Waals surface area contributed by atoms with E-state index in [0.717, 1.165) is 22.7 Å². The van der Waals surface area contributed by atoms with E-state index >= 15 is 0 Å². The fourth-order valence-corrected chi connectivity index (χ4v) is 2.37. The third kappa shape index (κ3) is 1.98. The van der Waals surface area contributed by atoms with Crippen molar-refractivity contribution in [3.8, 4) is 0 Å². The van der Waals surface area contributed by atoms with E-state index in [4.69, 9.17) is 0 Å². The first-order chi connectivity index (χ1) is 10.6. The van der Waals surface area contributed by atoms with Crippen LogP contribution in [0.3, 0.4) is 0 Å². The van der Waals surface area contributed by atoms with Crippen LogP contribution in [0.15, 0.2) is 36.4 Å². The van der Waals surface area contributed by atoms with Crippen LogP contribution < -0.4 is 5.32 Å². The van der Waals surface area contributed by atoms with Gasteiger partial charge in [-0.2, -0.15) is 4.98 Å². The first-order valence-electron chi connectivity index (χ1n) is 6.67.